The molecule has 3 rings (SSSR count). The molecule has 3 N–H and O–H groups in total. The molecule has 0 aliphatic heterocycles. The van der Waals surface area contributed by atoms with Crippen molar-refractivity contribution in [3.63, 3.8) is 0 Å². The lowest BCUT2D eigenvalue weighted by Gasteiger charge is -2.12. The van der Waals surface area contributed by atoms with Crippen LogP contribution >= 0.6 is 23.4 Å². The zero-order valence-corrected chi connectivity index (χ0v) is 15.4. The summed E-state index contributed by atoms with van der Waals surface area (Å²) in [5, 5.41) is 10.6. The normalized spacial score (nSPS) is 12.2. The van der Waals surface area contributed by atoms with Crippen molar-refractivity contribution < 1.29 is 13.6 Å². The summed E-state index contributed by atoms with van der Waals surface area (Å²) in [6, 6.07) is 5.76. The second-order valence-corrected chi connectivity index (χ2v) is 7.18. The van der Waals surface area contributed by atoms with Gasteiger partial charge < -0.3 is 15.6 Å². The van der Waals surface area contributed by atoms with Crippen molar-refractivity contribution in [2.45, 2.75) is 24.3 Å². The maximum Gasteiger partial charge on any atom is 0.237 e. The molecule has 136 valence electrons. The van der Waals surface area contributed by atoms with E-state index in [4.69, 9.17) is 21.9 Å². The zero-order chi connectivity index (χ0) is 18.8. The van der Waals surface area contributed by atoms with Gasteiger partial charge in [0.1, 0.15) is 11.6 Å². The summed E-state index contributed by atoms with van der Waals surface area (Å²) in [4.78, 5) is 12.3. The molecule has 1 amide bonds. The monoisotopic (exact) mass is 395 g/mol. The van der Waals surface area contributed by atoms with Crippen molar-refractivity contribution in [3.05, 3.63) is 47.1 Å². The maximum atomic E-state index is 13.8. The Bertz CT molecular complexity index is 958. The molecule has 0 spiro atoms. The van der Waals surface area contributed by atoms with Gasteiger partial charge >= 0.3 is 0 Å². The van der Waals surface area contributed by atoms with Crippen LogP contribution in [0, 0.1) is 12.7 Å². The van der Waals surface area contributed by atoms with Crippen LogP contribution in [0.3, 0.4) is 0 Å². The van der Waals surface area contributed by atoms with E-state index in [0.29, 0.717) is 22.3 Å². The molecule has 0 aliphatic rings. The third-order valence-electron chi connectivity index (χ3n) is 3.60. The van der Waals surface area contributed by atoms with Crippen molar-refractivity contribution in [2.75, 3.05) is 11.2 Å². The van der Waals surface area contributed by atoms with E-state index in [1.54, 1.807) is 19.9 Å². The van der Waals surface area contributed by atoms with Gasteiger partial charge in [0.2, 0.25) is 11.1 Å². The van der Waals surface area contributed by atoms with Crippen LogP contribution in [0.25, 0.3) is 11.4 Å². The lowest BCUT2D eigenvalue weighted by molar-refractivity contribution is -0.115. The van der Waals surface area contributed by atoms with Crippen molar-refractivity contribution in [2.24, 2.45) is 0 Å². The van der Waals surface area contributed by atoms with Crippen LogP contribution in [0.2, 0.25) is 5.02 Å². The Kier molecular flexibility index (Phi) is 5.19. The zero-order valence-electron chi connectivity index (χ0n) is 13.9. The Labute approximate surface area is 157 Å². The number of nitrogens with two attached hydrogens (primary N) is 1. The second-order valence-electron chi connectivity index (χ2n) is 5.44. The number of carbonyl (C=O) groups is 1. The van der Waals surface area contributed by atoms with E-state index < -0.39 is 17.0 Å². The van der Waals surface area contributed by atoms with Crippen LogP contribution in [0.15, 0.2) is 40.1 Å². The van der Waals surface area contributed by atoms with E-state index >= 15 is 0 Å². The Morgan fingerprint density at radius 3 is 2.85 bits per heavy atom. The molecule has 2 aromatic heterocycles. The maximum absolute atomic E-state index is 13.8. The summed E-state index contributed by atoms with van der Waals surface area (Å²) < 4.78 is 20.3. The molecule has 0 fully saturated rings. The molecule has 0 saturated heterocycles. The van der Waals surface area contributed by atoms with Gasteiger partial charge in [-0.15, -0.1) is 10.2 Å². The fraction of sp³-hybridized carbons (Fsp3) is 0.188. The number of hydrogen-bond donors (Lipinski definition) is 2. The fourth-order valence-corrected chi connectivity index (χ4v) is 3.12. The molecule has 0 radical (unpaired) electrons. The van der Waals surface area contributed by atoms with E-state index in [2.05, 4.69) is 15.5 Å². The van der Waals surface area contributed by atoms with Gasteiger partial charge in [0, 0.05) is 5.02 Å². The van der Waals surface area contributed by atoms with Crippen molar-refractivity contribution in [3.8, 4) is 11.4 Å². The number of anilines is 1. The Hall–Kier alpha value is -2.52. The standard InChI is InChI=1S/C16H15ClFN5O2S/c1-8-11(5-6-25-8)14-21-22-16(23(14)19)26-9(2)15(24)20-13-4-3-10(17)7-12(13)18/h3-7,9H,19H2,1-2H3,(H,20,24). The summed E-state index contributed by atoms with van der Waals surface area (Å²) >= 11 is 6.80. The lowest BCUT2D eigenvalue weighted by Crippen LogP contribution is -2.24. The molecule has 0 aliphatic carbocycles. The van der Waals surface area contributed by atoms with Crippen LogP contribution < -0.4 is 11.2 Å². The summed E-state index contributed by atoms with van der Waals surface area (Å²) in [5.74, 6) is 6.10. The van der Waals surface area contributed by atoms with Gasteiger partial charge in [-0.1, -0.05) is 23.4 Å². The average Bonchev–Trinajstić information content (AvgIpc) is 3.16. The molecule has 7 nitrogen and oxygen atoms in total. The number of hydrogen-bond acceptors (Lipinski definition) is 6. The van der Waals surface area contributed by atoms with Crippen molar-refractivity contribution >= 4 is 35.0 Å². The predicted octanol–water partition coefficient (Wildman–Crippen LogP) is 3.47. The molecular formula is C16H15ClFN5O2S. The van der Waals surface area contributed by atoms with Gasteiger partial charge in [-0.2, -0.15) is 0 Å². The Morgan fingerprint density at radius 1 is 1.42 bits per heavy atom. The highest BCUT2D eigenvalue weighted by Gasteiger charge is 2.22. The van der Waals surface area contributed by atoms with Gasteiger partial charge in [-0.05, 0) is 38.1 Å². The molecule has 1 unspecified atom stereocenters. The SMILES string of the molecule is Cc1occc1-c1nnc(SC(C)C(=O)Nc2ccc(Cl)cc2F)n1N. The average molecular weight is 396 g/mol. The van der Waals surface area contributed by atoms with Crippen LogP contribution in [-0.4, -0.2) is 26.0 Å². The summed E-state index contributed by atoms with van der Waals surface area (Å²) in [7, 11) is 0. The smallest absolute Gasteiger partial charge is 0.237 e. The summed E-state index contributed by atoms with van der Waals surface area (Å²) in [5.41, 5.74) is 0.767. The van der Waals surface area contributed by atoms with Gasteiger partial charge in [0.05, 0.1) is 22.8 Å². The minimum Gasteiger partial charge on any atom is -0.469 e. The molecule has 10 heteroatoms. The Morgan fingerprint density at radius 2 is 2.19 bits per heavy atom. The molecule has 2 heterocycles. The highest BCUT2D eigenvalue weighted by molar-refractivity contribution is 8.00. The highest BCUT2D eigenvalue weighted by Crippen LogP contribution is 2.28. The third-order valence-corrected chi connectivity index (χ3v) is 4.90. The quantitative estimate of drug-likeness (QED) is 0.507. The van der Waals surface area contributed by atoms with Gasteiger partial charge in [-0.25, -0.2) is 9.07 Å². The van der Waals surface area contributed by atoms with Gasteiger partial charge in [0.15, 0.2) is 5.82 Å². The van der Waals surface area contributed by atoms with Crippen molar-refractivity contribution in [1.29, 1.82) is 0 Å². The van der Waals surface area contributed by atoms with E-state index in [9.17, 15) is 9.18 Å². The lowest BCUT2D eigenvalue weighted by atomic mass is 10.2. The van der Waals surface area contributed by atoms with Crippen LogP contribution in [0.4, 0.5) is 10.1 Å². The Balaban J connectivity index is 1.72. The fourth-order valence-electron chi connectivity index (χ4n) is 2.19. The molecule has 1 atom stereocenters. The first-order valence-electron chi connectivity index (χ1n) is 7.54. The first kappa shape index (κ1) is 18.3. The molecule has 0 bridgehead atoms. The minimum atomic E-state index is -0.609. The van der Waals surface area contributed by atoms with Crippen LogP contribution in [-0.2, 0) is 4.79 Å². The second kappa shape index (κ2) is 7.38. The van der Waals surface area contributed by atoms with E-state index in [-0.39, 0.29) is 10.7 Å². The third kappa shape index (κ3) is 3.68. The van der Waals surface area contributed by atoms with Crippen molar-refractivity contribution in [1.82, 2.24) is 14.9 Å². The number of aryl methyl sites for hydroxylation is 1. The number of nitrogen functional groups attached to an aromatic ring is 1. The molecule has 1 aromatic carbocycles. The van der Waals surface area contributed by atoms with E-state index in [1.165, 1.54) is 23.1 Å². The number of nitrogens with zero attached hydrogens (tertiary/aromatic N) is 3. The number of benzene rings is 1. The summed E-state index contributed by atoms with van der Waals surface area (Å²) in [6.45, 7) is 3.44. The topological polar surface area (TPSA) is 99.0 Å². The number of carbonyl (C=O) groups excluding carboxylic acids is 1. The van der Waals surface area contributed by atoms with Crippen LogP contribution in [0.5, 0.6) is 0 Å². The number of furan rings is 1. The van der Waals surface area contributed by atoms with Gasteiger partial charge in [0.25, 0.3) is 0 Å². The highest BCUT2D eigenvalue weighted by atomic mass is 35.5. The number of nitrogens with one attached hydrogen (secondary N) is 1. The first-order valence-corrected chi connectivity index (χ1v) is 8.80. The van der Waals surface area contributed by atoms with E-state index in [1.807, 2.05) is 0 Å². The molecular weight excluding hydrogens is 381 g/mol. The number of halogens is 2. The number of amides is 1. The largest absolute Gasteiger partial charge is 0.469 e. The molecule has 0 saturated carbocycles. The van der Waals surface area contributed by atoms with Crippen LogP contribution in [0.1, 0.15) is 12.7 Å². The number of rotatable bonds is 5. The molecule has 3 aromatic rings. The van der Waals surface area contributed by atoms with Gasteiger partial charge in [-0.3, -0.25) is 4.79 Å². The predicted molar refractivity (Wildman–Crippen MR) is 98.0 cm³/mol. The molecule has 26 heavy (non-hydrogen) atoms. The minimum absolute atomic E-state index is 0.0516. The number of thioether (sulfide) groups is 1. The first-order chi connectivity index (χ1) is 12.4. The van der Waals surface area contributed by atoms with E-state index in [0.717, 1.165) is 17.8 Å². The summed E-state index contributed by atoms with van der Waals surface area (Å²) in [6.07, 6.45) is 1.53. The number of aromatic nitrogens is 3.